The maximum atomic E-state index is 13.4. The first-order chi connectivity index (χ1) is 19.5. The van der Waals surface area contributed by atoms with E-state index in [4.69, 9.17) is 10.8 Å². The maximum absolute atomic E-state index is 13.4. The number of primary amides is 1. The Balaban J connectivity index is 1.26. The molecule has 2 atom stereocenters. The van der Waals surface area contributed by atoms with Gasteiger partial charge in [0.15, 0.2) is 11.9 Å². The van der Waals surface area contributed by atoms with Gasteiger partial charge >= 0.3 is 0 Å². The fraction of sp³-hybridized carbons (Fsp3) is 0.290. The normalized spacial score (nSPS) is 15.8. The molecule has 0 bridgehead atoms. The molecule has 40 heavy (non-hydrogen) atoms. The van der Waals surface area contributed by atoms with Gasteiger partial charge in [-0.1, -0.05) is 60.7 Å². The third-order valence-corrected chi connectivity index (χ3v) is 7.42. The quantitative estimate of drug-likeness (QED) is 0.285. The van der Waals surface area contributed by atoms with Crippen molar-refractivity contribution in [3.8, 4) is 5.82 Å². The Morgan fingerprint density at radius 2 is 1.68 bits per heavy atom. The number of nitrogens with zero attached hydrogens (tertiary/aromatic N) is 4. The van der Waals surface area contributed by atoms with Crippen LogP contribution in [0.15, 0.2) is 91.3 Å². The Kier molecular flexibility index (Phi) is 8.63. The minimum absolute atomic E-state index is 0.235. The molecule has 0 spiro atoms. The Bertz CT molecular complexity index is 1420. The lowest BCUT2D eigenvalue weighted by Crippen LogP contribution is -2.50. The fourth-order valence-corrected chi connectivity index (χ4v) is 5.25. The van der Waals surface area contributed by atoms with Crippen molar-refractivity contribution in [3.05, 3.63) is 114 Å². The highest BCUT2D eigenvalue weighted by atomic mass is 16.3. The zero-order chi connectivity index (χ0) is 27.9. The smallest absolute Gasteiger partial charge is 0.255 e. The number of hydrogen-bond acceptors (Lipinski definition) is 6. The van der Waals surface area contributed by atoms with Gasteiger partial charge in [0.25, 0.3) is 5.91 Å². The first-order valence-corrected chi connectivity index (χ1v) is 13.6. The van der Waals surface area contributed by atoms with E-state index in [1.807, 2.05) is 36.4 Å². The highest BCUT2D eigenvalue weighted by Crippen LogP contribution is 2.28. The molecular formula is C31H34N6O3. The van der Waals surface area contributed by atoms with Crippen molar-refractivity contribution in [2.45, 2.75) is 43.9 Å². The number of rotatable bonds is 10. The molecule has 0 aliphatic carbocycles. The molecule has 1 aliphatic heterocycles. The third kappa shape index (κ3) is 6.62. The second-order valence-electron chi connectivity index (χ2n) is 10.2. The molecule has 2 aromatic heterocycles. The number of amides is 2. The number of aromatic nitrogens is 3. The lowest BCUT2D eigenvalue weighted by Gasteiger charge is -2.31. The van der Waals surface area contributed by atoms with Gasteiger partial charge in [0.1, 0.15) is 0 Å². The van der Waals surface area contributed by atoms with Crippen molar-refractivity contribution in [2.24, 2.45) is 5.73 Å². The number of hydrogen-bond donors (Lipinski definition) is 3. The van der Waals surface area contributed by atoms with Crippen LogP contribution in [0.4, 0.5) is 0 Å². The number of likely N-dealkylation sites (tertiary alicyclic amines) is 1. The molecule has 1 fully saturated rings. The van der Waals surface area contributed by atoms with Gasteiger partial charge < -0.3 is 16.2 Å². The summed E-state index contributed by atoms with van der Waals surface area (Å²) in [5, 5.41) is 17.9. The van der Waals surface area contributed by atoms with E-state index in [0.29, 0.717) is 18.3 Å². The Hall–Kier alpha value is -4.34. The van der Waals surface area contributed by atoms with Crippen LogP contribution in [0.25, 0.3) is 5.82 Å². The van der Waals surface area contributed by atoms with Gasteiger partial charge in [0.05, 0.1) is 17.3 Å². The van der Waals surface area contributed by atoms with Gasteiger partial charge in [-0.15, -0.1) is 0 Å². The van der Waals surface area contributed by atoms with Gasteiger partial charge in [-0.05, 0) is 67.6 Å². The Morgan fingerprint density at radius 3 is 2.38 bits per heavy atom. The Morgan fingerprint density at radius 1 is 0.975 bits per heavy atom. The first kappa shape index (κ1) is 27.2. The van der Waals surface area contributed by atoms with Crippen molar-refractivity contribution in [2.75, 3.05) is 13.1 Å². The number of benzene rings is 2. The molecule has 3 heterocycles. The van der Waals surface area contributed by atoms with E-state index in [1.54, 1.807) is 29.2 Å². The summed E-state index contributed by atoms with van der Waals surface area (Å²) in [6.07, 6.45) is 4.30. The number of pyridine rings is 1. The van der Waals surface area contributed by atoms with Crippen molar-refractivity contribution < 1.29 is 14.7 Å². The lowest BCUT2D eigenvalue weighted by molar-refractivity contribution is -0.127. The minimum atomic E-state index is -1.55. The van der Waals surface area contributed by atoms with Crippen molar-refractivity contribution >= 4 is 11.8 Å². The summed E-state index contributed by atoms with van der Waals surface area (Å²) in [4.78, 5) is 32.0. The van der Waals surface area contributed by atoms with E-state index in [1.165, 1.54) is 5.56 Å². The summed E-state index contributed by atoms with van der Waals surface area (Å²) in [6, 6.07) is 24.3. The molecule has 0 radical (unpaired) electrons. The fourth-order valence-electron chi connectivity index (χ4n) is 5.25. The van der Waals surface area contributed by atoms with E-state index in [9.17, 15) is 14.7 Å². The average Bonchev–Trinajstić information content (AvgIpc) is 3.46. The van der Waals surface area contributed by atoms with Gasteiger partial charge in [-0.2, -0.15) is 5.10 Å². The molecule has 9 heteroatoms. The predicted octanol–water partition coefficient (Wildman–Crippen LogP) is 2.83. The summed E-state index contributed by atoms with van der Waals surface area (Å²) in [7, 11) is 0. The molecule has 2 unspecified atom stereocenters. The van der Waals surface area contributed by atoms with Gasteiger partial charge in [-0.25, -0.2) is 9.67 Å². The topological polar surface area (TPSA) is 126 Å². The highest BCUT2D eigenvalue weighted by Gasteiger charge is 2.28. The van der Waals surface area contributed by atoms with E-state index < -0.39 is 24.0 Å². The van der Waals surface area contributed by atoms with Gasteiger partial charge in [0, 0.05) is 18.9 Å². The summed E-state index contributed by atoms with van der Waals surface area (Å²) in [5.74, 6) is -0.439. The van der Waals surface area contributed by atoms with Crippen molar-refractivity contribution in [1.82, 2.24) is 25.0 Å². The number of carbonyl (C=O) groups is 2. The SMILES string of the molecule is NC(=O)C(O)C(Cc1ccccc1)NC(=O)c1cccnc1-n1ccc(CN2CCC(c3ccccc3)CC2)n1. The lowest BCUT2D eigenvalue weighted by atomic mass is 9.89. The summed E-state index contributed by atoms with van der Waals surface area (Å²) in [5.41, 5.74) is 8.79. The molecule has 9 nitrogen and oxygen atoms in total. The number of aliphatic hydroxyl groups is 1. The van der Waals surface area contributed by atoms with E-state index in [0.717, 1.165) is 37.2 Å². The molecular weight excluding hydrogens is 504 g/mol. The summed E-state index contributed by atoms with van der Waals surface area (Å²) < 4.78 is 1.59. The third-order valence-electron chi connectivity index (χ3n) is 7.42. The summed E-state index contributed by atoms with van der Waals surface area (Å²) >= 11 is 0. The van der Waals surface area contributed by atoms with Crippen LogP contribution in [0.5, 0.6) is 0 Å². The number of nitrogens with one attached hydrogen (secondary N) is 1. The standard InChI is InChI=1S/C31H34N6O3/c32-29(39)28(38)27(20-22-8-3-1-4-9-22)34-31(40)26-12-7-16-33-30(26)37-19-15-25(35-37)21-36-17-13-24(14-18-36)23-10-5-2-6-11-23/h1-12,15-16,19,24,27-28,38H,13-14,17-18,20-21H2,(H2,32,39)(H,34,40). The highest BCUT2D eigenvalue weighted by molar-refractivity contribution is 5.97. The van der Waals surface area contributed by atoms with Crippen LogP contribution < -0.4 is 11.1 Å². The zero-order valence-electron chi connectivity index (χ0n) is 22.3. The molecule has 4 aromatic rings. The zero-order valence-corrected chi connectivity index (χ0v) is 22.3. The first-order valence-electron chi connectivity index (χ1n) is 13.6. The molecule has 2 aromatic carbocycles. The molecule has 2 amide bonds. The monoisotopic (exact) mass is 538 g/mol. The van der Waals surface area contributed by atoms with Crippen LogP contribution in [0.3, 0.4) is 0 Å². The Labute approximate surface area is 233 Å². The predicted molar refractivity (Wildman–Crippen MR) is 152 cm³/mol. The maximum Gasteiger partial charge on any atom is 0.255 e. The number of carbonyl (C=O) groups excluding carboxylic acids is 2. The molecule has 1 saturated heterocycles. The number of piperidine rings is 1. The molecule has 0 saturated carbocycles. The van der Waals surface area contributed by atoms with Gasteiger partial charge in [-0.3, -0.25) is 14.5 Å². The van der Waals surface area contributed by atoms with Crippen LogP contribution >= 0.6 is 0 Å². The van der Waals surface area contributed by atoms with Crippen molar-refractivity contribution in [3.63, 3.8) is 0 Å². The van der Waals surface area contributed by atoms with Crippen molar-refractivity contribution in [1.29, 1.82) is 0 Å². The largest absolute Gasteiger partial charge is 0.381 e. The minimum Gasteiger partial charge on any atom is -0.381 e. The molecule has 206 valence electrons. The van der Waals surface area contributed by atoms with Crippen LogP contribution in [0.2, 0.25) is 0 Å². The van der Waals surface area contributed by atoms with E-state index in [-0.39, 0.29) is 12.0 Å². The van der Waals surface area contributed by atoms with Crippen LogP contribution in [-0.2, 0) is 17.8 Å². The molecule has 5 rings (SSSR count). The van der Waals surface area contributed by atoms with Crippen LogP contribution in [-0.4, -0.2) is 61.8 Å². The average molecular weight is 539 g/mol. The second-order valence-corrected chi connectivity index (χ2v) is 10.2. The van der Waals surface area contributed by atoms with Crippen LogP contribution in [0.1, 0.15) is 45.9 Å². The second kappa shape index (κ2) is 12.7. The summed E-state index contributed by atoms with van der Waals surface area (Å²) in [6.45, 7) is 2.70. The van der Waals surface area contributed by atoms with E-state index in [2.05, 4.69) is 45.5 Å². The number of aliphatic hydroxyl groups excluding tert-OH is 1. The van der Waals surface area contributed by atoms with E-state index >= 15 is 0 Å². The van der Waals surface area contributed by atoms with Crippen LogP contribution in [0, 0.1) is 0 Å². The van der Waals surface area contributed by atoms with Gasteiger partial charge in [0.2, 0.25) is 5.91 Å². The number of nitrogens with two attached hydrogens (primary N) is 1. The molecule has 1 aliphatic rings. The molecule has 4 N–H and O–H groups in total.